The molecule has 1 N–H and O–H groups in total. The van der Waals surface area contributed by atoms with Crippen LogP contribution >= 0.6 is 0 Å². The van der Waals surface area contributed by atoms with Crippen molar-refractivity contribution in [1.82, 2.24) is 5.32 Å². The Morgan fingerprint density at radius 3 is 2.56 bits per heavy atom. The van der Waals surface area contributed by atoms with E-state index in [-0.39, 0.29) is 5.60 Å². The Morgan fingerprint density at radius 1 is 1.38 bits per heavy atom. The molecule has 1 atom stereocenters. The van der Waals surface area contributed by atoms with E-state index in [0.29, 0.717) is 6.04 Å². The van der Waals surface area contributed by atoms with Gasteiger partial charge in [0.15, 0.2) is 0 Å². The SMILES string of the molecule is CC#CCCC(NC)C1(OCC)CCCC1. The van der Waals surface area contributed by atoms with Gasteiger partial charge in [-0.3, -0.25) is 0 Å². The predicted octanol–water partition coefficient (Wildman–Crippen LogP) is 2.73. The van der Waals surface area contributed by atoms with Gasteiger partial charge >= 0.3 is 0 Å². The quantitative estimate of drug-likeness (QED) is 0.699. The molecule has 0 heterocycles. The standard InChI is InChI=1S/C14H25NO/c1-4-6-7-10-13(15-3)14(16-5-2)11-8-9-12-14/h13,15H,5,7-12H2,1-3H3. The Labute approximate surface area is 100 Å². The minimum atomic E-state index is 0.0823. The summed E-state index contributed by atoms with van der Waals surface area (Å²) in [5, 5.41) is 3.44. The van der Waals surface area contributed by atoms with Crippen molar-refractivity contribution in [3.8, 4) is 11.8 Å². The molecule has 1 aliphatic carbocycles. The van der Waals surface area contributed by atoms with E-state index >= 15 is 0 Å². The minimum absolute atomic E-state index is 0.0823. The number of ether oxygens (including phenoxy) is 1. The van der Waals surface area contributed by atoms with Crippen LogP contribution in [0.5, 0.6) is 0 Å². The second kappa shape index (κ2) is 6.93. The molecule has 0 radical (unpaired) electrons. The van der Waals surface area contributed by atoms with E-state index in [0.717, 1.165) is 19.4 Å². The monoisotopic (exact) mass is 223 g/mol. The van der Waals surface area contributed by atoms with Gasteiger partial charge in [0.2, 0.25) is 0 Å². The molecule has 1 aliphatic rings. The summed E-state index contributed by atoms with van der Waals surface area (Å²) in [7, 11) is 2.04. The molecule has 0 bridgehead atoms. The summed E-state index contributed by atoms with van der Waals surface area (Å²) < 4.78 is 6.06. The van der Waals surface area contributed by atoms with Crippen LogP contribution in [-0.4, -0.2) is 25.3 Å². The second-order valence-corrected chi connectivity index (χ2v) is 4.51. The first kappa shape index (κ1) is 13.5. The van der Waals surface area contributed by atoms with Crippen LogP contribution < -0.4 is 5.32 Å². The lowest BCUT2D eigenvalue weighted by Gasteiger charge is -2.37. The molecule has 2 heteroatoms. The van der Waals surface area contributed by atoms with Crippen molar-refractivity contribution in [3.05, 3.63) is 0 Å². The summed E-state index contributed by atoms with van der Waals surface area (Å²) >= 11 is 0. The Bertz CT molecular complexity index is 245. The van der Waals surface area contributed by atoms with E-state index < -0.39 is 0 Å². The molecule has 1 fully saturated rings. The molecule has 16 heavy (non-hydrogen) atoms. The molecule has 0 amide bonds. The van der Waals surface area contributed by atoms with Gasteiger partial charge in [-0.25, -0.2) is 0 Å². The molecular weight excluding hydrogens is 198 g/mol. The maximum Gasteiger partial charge on any atom is 0.0834 e. The molecule has 0 saturated heterocycles. The number of likely N-dealkylation sites (N-methyl/N-ethyl adjacent to an activating group) is 1. The van der Waals surface area contributed by atoms with Crippen molar-refractivity contribution >= 4 is 0 Å². The van der Waals surface area contributed by atoms with E-state index in [4.69, 9.17) is 4.74 Å². The highest BCUT2D eigenvalue weighted by Gasteiger charge is 2.40. The molecular formula is C14H25NO. The highest BCUT2D eigenvalue weighted by Crippen LogP contribution is 2.37. The molecule has 1 saturated carbocycles. The third-order valence-electron chi connectivity index (χ3n) is 3.60. The summed E-state index contributed by atoms with van der Waals surface area (Å²) in [5.41, 5.74) is 0.0823. The number of hydrogen-bond donors (Lipinski definition) is 1. The fourth-order valence-corrected chi connectivity index (χ4v) is 2.87. The molecule has 0 aromatic carbocycles. The zero-order valence-electron chi connectivity index (χ0n) is 10.9. The van der Waals surface area contributed by atoms with Crippen LogP contribution in [0.25, 0.3) is 0 Å². The Balaban J connectivity index is 2.60. The first-order valence-electron chi connectivity index (χ1n) is 6.50. The minimum Gasteiger partial charge on any atom is -0.374 e. The van der Waals surface area contributed by atoms with Crippen molar-refractivity contribution in [2.75, 3.05) is 13.7 Å². The van der Waals surface area contributed by atoms with Gasteiger partial charge < -0.3 is 10.1 Å². The van der Waals surface area contributed by atoms with Gasteiger partial charge in [-0.15, -0.1) is 11.8 Å². The average Bonchev–Trinajstić information content (AvgIpc) is 2.74. The zero-order chi connectivity index (χ0) is 11.9. The summed E-state index contributed by atoms with van der Waals surface area (Å²) in [6.45, 7) is 4.82. The van der Waals surface area contributed by atoms with Gasteiger partial charge in [0, 0.05) is 19.1 Å². The van der Waals surface area contributed by atoms with Crippen LogP contribution in [0, 0.1) is 11.8 Å². The fraction of sp³-hybridized carbons (Fsp3) is 0.857. The lowest BCUT2D eigenvalue weighted by atomic mass is 9.88. The number of hydrogen-bond acceptors (Lipinski definition) is 2. The van der Waals surface area contributed by atoms with Gasteiger partial charge in [-0.2, -0.15) is 0 Å². The topological polar surface area (TPSA) is 21.3 Å². The van der Waals surface area contributed by atoms with E-state index in [1.54, 1.807) is 0 Å². The summed E-state index contributed by atoms with van der Waals surface area (Å²) in [6, 6.07) is 0.454. The molecule has 0 aliphatic heterocycles. The summed E-state index contributed by atoms with van der Waals surface area (Å²) in [4.78, 5) is 0. The Hall–Kier alpha value is -0.520. The van der Waals surface area contributed by atoms with Crippen LogP contribution in [0.4, 0.5) is 0 Å². The third kappa shape index (κ3) is 3.23. The van der Waals surface area contributed by atoms with Crippen LogP contribution in [0.3, 0.4) is 0 Å². The molecule has 92 valence electrons. The maximum atomic E-state index is 6.06. The zero-order valence-corrected chi connectivity index (χ0v) is 10.9. The number of nitrogens with one attached hydrogen (secondary N) is 1. The molecule has 0 aromatic rings. The van der Waals surface area contributed by atoms with Crippen LogP contribution in [0.1, 0.15) is 52.4 Å². The largest absolute Gasteiger partial charge is 0.374 e. The summed E-state index contributed by atoms with van der Waals surface area (Å²) in [6.07, 6.45) is 7.07. The average molecular weight is 223 g/mol. The fourth-order valence-electron chi connectivity index (χ4n) is 2.87. The van der Waals surface area contributed by atoms with Gasteiger partial charge in [0.1, 0.15) is 0 Å². The molecule has 2 nitrogen and oxygen atoms in total. The van der Waals surface area contributed by atoms with E-state index in [1.807, 2.05) is 14.0 Å². The normalized spacial score (nSPS) is 20.2. The number of rotatable bonds is 6. The highest BCUT2D eigenvalue weighted by molar-refractivity contribution is 5.01. The van der Waals surface area contributed by atoms with E-state index in [9.17, 15) is 0 Å². The molecule has 0 spiro atoms. The maximum absolute atomic E-state index is 6.06. The Kier molecular flexibility index (Phi) is 5.87. The lowest BCUT2D eigenvalue weighted by Crippen LogP contribution is -2.49. The highest BCUT2D eigenvalue weighted by atomic mass is 16.5. The van der Waals surface area contributed by atoms with Gasteiger partial charge in [-0.05, 0) is 40.2 Å². The molecule has 1 rings (SSSR count). The Morgan fingerprint density at radius 2 is 2.06 bits per heavy atom. The van der Waals surface area contributed by atoms with Gasteiger partial charge in [0.05, 0.1) is 5.60 Å². The van der Waals surface area contributed by atoms with Gasteiger partial charge in [-0.1, -0.05) is 12.8 Å². The molecule has 1 unspecified atom stereocenters. The summed E-state index contributed by atoms with van der Waals surface area (Å²) in [5.74, 6) is 6.11. The van der Waals surface area contributed by atoms with Crippen LogP contribution in [0.15, 0.2) is 0 Å². The van der Waals surface area contributed by atoms with E-state index in [1.165, 1.54) is 25.7 Å². The first-order chi connectivity index (χ1) is 7.79. The van der Waals surface area contributed by atoms with Crippen molar-refractivity contribution in [2.24, 2.45) is 0 Å². The van der Waals surface area contributed by atoms with Crippen molar-refractivity contribution in [3.63, 3.8) is 0 Å². The van der Waals surface area contributed by atoms with Gasteiger partial charge in [0.25, 0.3) is 0 Å². The van der Waals surface area contributed by atoms with Crippen LogP contribution in [0.2, 0.25) is 0 Å². The second-order valence-electron chi connectivity index (χ2n) is 4.51. The van der Waals surface area contributed by atoms with Crippen molar-refractivity contribution < 1.29 is 4.74 Å². The lowest BCUT2D eigenvalue weighted by molar-refractivity contribution is -0.0612. The first-order valence-corrected chi connectivity index (χ1v) is 6.50. The third-order valence-corrected chi connectivity index (χ3v) is 3.60. The van der Waals surface area contributed by atoms with Crippen LogP contribution in [-0.2, 0) is 4.74 Å². The van der Waals surface area contributed by atoms with E-state index in [2.05, 4.69) is 24.1 Å². The smallest absolute Gasteiger partial charge is 0.0834 e. The predicted molar refractivity (Wildman–Crippen MR) is 68.4 cm³/mol. The van der Waals surface area contributed by atoms with Crippen molar-refractivity contribution in [2.45, 2.75) is 64.0 Å². The van der Waals surface area contributed by atoms with Crippen molar-refractivity contribution in [1.29, 1.82) is 0 Å². The molecule has 0 aromatic heterocycles.